The molecular formula is C12H20N2OS2. The van der Waals surface area contributed by atoms with Gasteiger partial charge in [-0.25, -0.2) is 4.98 Å². The first kappa shape index (κ1) is 14.5. The predicted octanol–water partition coefficient (Wildman–Crippen LogP) is 2.84. The molecule has 0 fully saturated rings. The van der Waals surface area contributed by atoms with Gasteiger partial charge < -0.3 is 5.32 Å². The number of nitrogens with zero attached hydrogens (tertiary/aromatic N) is 1. The van der Waals surface area contributed by atoms with Crippen molar-refractivity contribution in [3.8, 4) is 0 Å². The highest BCUT2D eigenvalue weighted by molar-refractivity contribution is 7.81. The van der Waals surface area contributed by atoms with Gasteiger partial charge in [-0.2, -0.15) is 12.6 Å². The number of aromatic nitrogens is 1. The van der Waals surface area contributed by atoms with Gasteiger partial charge in [0.25, 0.3) is 0 Å². The molecule has 2 unspecified atom stereocenters. The Morgan fingerprint density at radius 3 is 2.65 bits per heavy atom. The molecule has 0 aliphatic rings. The highest BCUT2D eigenvalue weighted by Gasteiger charge is 2.20. The van der Waals surface area contributed by atoms with Crippen molar-refractivity contribution in [2.45, 2.75) is 45.4 Å². The lowest BCUT2D eigenvalue weighted by molar-refractivity contribution is -0.121. The zero-order valence-corrected chi connectivity index (χ0v) is 12.4. The monoisotopic (exact) mass is 272 g/mol. The number of thiazole rings is 1. The number of thiol groups is 1. The number of aryl methyl sites for hydroxylation is 1. The van der Waals surface area contributed by atoms with Crippen LogP contribution < -0.4 is 5.32 Å². The third-order valence-electron chi connectivity index (χ3n) is 2.55. The molecule has 2 atom stereocenters. The number of carbonyl (C=O) groups excluding carboxylic acids is 1. The smallest absolute Gasteiger partial charge is 0.233 e. The summed E-state index contributed by atoms with van der Waals surface area (Å²) in [5, 5.41) is 3.64. The molecule has 0 aliphatic heterocycles. The Morgan fingerprint density at radius 2 is 2.18 bits per heavy atom. The third kappa shape index (κ3) is 4.00. The topological polar surface area (TPSA) is 42.0 Å². The zero-order chi connectivity index (χ0) is 13.0. The Balaban J connectivity index is 2.59. The fourth-order valence-electron chi connectivity index (χ4n) is 1.35. The molecule has 1 heterocycles. The molecule has 1 aromatic heterocycles. The first-order valence-electron chi connectivity index (χ1n) is 5.88. The standard InChI is InChI=1S/C12H20N2OS2/c1-5-9-6-13-12(17-9)8(4)14-11(15)10(16)7(2)3/h6-8,10,16H,5H2,1-4H3,(H,14,15). The van der Waals surface area contributed by atoms with Crippen LogP contribution in [0.15, 0.2) is 6.20 Å². The second-order valence-corrected chi connectivity index (χ2v) is 6.14. The van der Waals surface area contributed by atoms with E-state index < -0.39 is 0 Å². The van der Waals surface area contributed by atoms with Crippen LogP contribution in [-0.4, -0.2) is 16.1 Å². The van der Waals surface area contributed by atoms with E-state index in [4.69, 9.17) is 0 Å². The molecule has 0 bridgehead atoms. The quantitative estimate of drug-likeness (QED) is 0.809. The van der Waals surface area contributed by atoms with E-state index in [1.165, 1.54) is 4.88 Å². The van der Waals surface area contributed by atoms with Gasteiger partial charge in [0, 0.05) is 11.1 Å². The summed E-state index contributed by atoms with van der Waals surface area (Å²) in [6, 6.07) is -0.0406. The minimum atomic E-state index is -0.261. The number of rotatable bonds is 5. The lowest BCUT2D eigenvalue weighted by atomic mass is 10.1. The van der Waals surface area contributed by atoms with E-state index in [2.05, 4.69) is 29.9 Å². The minimum absolute atomic E-state index is 0.0240. The van der Waals surface area contributed by atoms with Crippen molar-refractivity contribution in [2.75, 3.05) is 0 Å². The van der Waals surface area contributed by atoms with Gasteiger partial charge in [0.1, 0.15) is 5.01 Å². The lowest BCUT2D eigenvalue weighted by Crippen LogP contribution is -2.36. The maximum absolute atomic E-state index is 11.8. The van der Waals surface area contributed by atoms with E-state index in [9.17, 15) is 4.79 Å². The summed E-state index contributed by atoms with van der Waals surface area (Å²) in [5.74, 6) is 0.206. The predicted molar refractivity (Wildman–Crippen MR) is 75.7 cm³/mol. The summed E-state index contributed by atoms with van der Waals surface area (Å²) in [7, 11) is 0. The number of hydrogen-bond donors (Lipinski definition) is 2. The Morgan fingerprint density at radius 1 is 1.53 bits per heavy atom. The van der Waals surface area contributed by atoms with Crippen molar-refractivity contribution in [1.82, 2.24) is 10.3 Å². The Hall–Kier alpha value is -0.550. The fourth-order valence-corrected chi connectivity index (χ4v) is 2.28. The molecule has 5 heteroatoms. The van der Waals surface area contributed by atoms with E-state index in [1.54, 1.807) is 11.3 Å². The van der Waals surface area contributed by atoms with Crippen molar-refractivity contribution in [3.63, 3.8) is 0 Å². The van der Waals surface area contributed by atoms with Crippen molar-refractivity contribution in [1.29, 1.82) is 0 Å². The van der Waals surface area contributed by atoms with Crippen molar-refractivity contribution in [3.05, 3.63) is 16.1 Å². The molecule has 96 valence electrons. The Bertz CT molecular complexity index is 376. The number of amides is 1. The molecule has 0 saturated carbocycles. The highest BCUT2D eigenvalue weighted by Crippen LogP contribution is 2.21. The van der Waals surface area contributed by atoms with Crippen LogP contribution in [0.2, 0.25) is 0 Å². The van der Waals surface area contributed by atoms with Gasteiger partial charge in [-0.3, -0.25) is 4.79 Å². The van der Waals surface area contributed by atoms with Crippen LogP contribution in [-0.2, 0) is 11.2 Å². The van der Waals surface area contributed by atoms with Crippen LogP contribution in [0.1, 0.15) is 43.6 Å². The lowest BCUT2D eigenvalue weighted by Gasteiger charge is -2.17. The van der Waals surface area contributed by atoms with Crippen molar-refractivity contribution in [2.24, 2.45) is 5.92 Å². The second-order valence-electron chi connectivity index (χ2n) is 4.44. The maximum atomic E-state index is 11.8. The molecule has 0 saturated heterocycles. The summed E-state index contributed by atoms with van der Waals surface area (Å²) >= 11 is 5.95. The molecule has 0 spiro atoms. The Labute approximate surface area is 112 Å². The van der Waals surface area contributed by atoms with Gasteiger partial charge in [0.2, 0.25) is 5.91 Å². The van der Waals surface area contributed by atoms with Gasteiger partial charge >= 0.3 is 0 Å². The van der Waals surface area contributed by atoms with Crippen LogP contribution in [0.25, 0.3) is 0 Å². The summed E-state index contributed by atoms with van der Waals surface area (Å²) in [6.45, 7) is 8.03. The van der Waals surface area contributed by atoms with Crippen LogP contribution >= 0.6 is 24.0 Å². The van der Waals surface area contributed by atoms with Gasteiger partial charge in [0.05, 0.1) is 11.3 Å². The van der Waals surface area contributed by atoms with E-state index in [-0.39, 0.29) is 23.1 Å². The van der Waals surface area contributed by atoms with Crippen LogP contribution in [0.3, 0.4) is 0 Å². The van der Waals surface area contributed by atoms with Crippen molar-refractivity contribution < 1.29 is 4.79 Å². The second kappa shape index (κ2) is 6.40. The number of hydrogen-bond acceptors (Lipinski definition) is 4. The summed E-state index contributed by atoms with van der Waals surface area (Å²) < 4.78 is 0. The van der Waals surface area contributed by atoms with E-state index in [1.807, 2.05) is 27.0 Å². The van der Waals surface area contributed by atoms with E-state index >= 15 is 0 Å². The highest BCUT2D eigenvalue weighted by atomic mass is 32.1. The normalized spacial score (nSPS) is 14.7. The van der Waals surface area contributed by atoms with Gasteiger partial charge in [-0.15, -0.1) is 11.3 Å². The largest absolute Gasteiger partial charge is 0.346 e. The molecule has 1 rings (SSSR count). The fraction of sp³-hybridized carbons (Fsp3) is 0.667. The number of carbonyl (C=O) groups is 1. The van der Waals surface area contributed by atoms with E-state index in [0.29, 0.717) is 0 Å². The first-order chi connectivity index (χ1) is 7.95. The Kier molecular flexibility index (Phi) is 5.46. The van der Waals surface area contributed by atoms with Gasteiger partial charge in [-0.1, -0.05) is 20.8 Å². The third-order valence-corrected chi connectivity index (χ3v) is 4.70. The van der Waals surface area contributed by atoms with Crippen molar-refractivity contribution >= 4 is 29.9 Å². The molecular weight excluding hydrogens is 252 g/mol. The van der Waals surface area contributed by atoms with Crippen LogP contribution in [0, 0.1) is 5.92 Å². The summed E-state index contributed by atoms with van der Waals surface area (Å²) in [4.78, 5) is 17.4. The summed E-state index contributed by atoms with van der Waals surface area (Å²) in [6.07, 6.45) is 2.86. The molecule has 17 heavy (non-hydrogen) atoms. The molecule has 0 aromatic carbocycles. The number of nitrogens with one attached hydrogen (secondary N) is 1. The summed E-state index contributed by atoms with van der Waals surface area (Å²) in [5.41, 5.74) is 0. The SMILES string of the molecule is CCc1cnc(C(C)NC(=O)C(S)C(C)C)s1. The molecule has 1 N–H and O–H groups in total. The minimum Gasteiger partial charge on any atom is -0.346 e. The van der Waals surface area contributed by atoms with E-state index in [0.717, 1.165) is 11.4 Å². The van der Waals surface area contributed by atoms with Crippen LogP contribution in [0.5, 0.6) is 0 Å². The van der Waals surface area contributed by atoms with Crippen LogP contribution in [0.4, 0.5) is 0 Å². The maximum Gasteiger partial charge on any atom is 0.233 e. The molecule has 3 nitrogen and oxygen atoms in total. The zero-order valence-electron chi connectivity index (χ0n) is 10.7. The molecule has 0 aliphatic carbocycles. The van der Waals surface area contributed by atoms with Gasteiger partial charge in [0.15, 0.2) is 0 Å². The average molecular weight is 272 g/mol. The molecule has 1 amide bonds. The molecule has 0 radical (unpaired) electrons. The average Bonchev–Trinajstić information content (AvgIpc) is 2.76. The molecule has 1 aromatic rings. The van der Waals surface area contributed by atoms with Gasteiger partial charge in [-0.05, 0) is 19.3 Å². The first-order valence-corrected chi connectivity index (χ1v) is 7.22.